The van der Waals surface area contributed by atoms with Crippen molar-refractivity contribution in [3.8, 4) is 0 Å². The zero-order valence-corrected chi connectivity index (χ0v) is 10.9. The molecule has 1 atom stereocenters. The van der Waals surface area contributed by atoms with Crippen molar-refractivity contribution < 1.29 is 27.8 Å². The van der Waals surface area contributed by atoms with Crippen LogP contribution in [0.15, 0.2) is 30.3 Å². The highest BCUT2D eigenvalue weighted by atomic mass is 19.4. The molecule has 0 heterocycles. The number of alkyl halides is 3. The largest absolute Gasteiger partial charge is 0.481 e. The first kappa shape index (κ1) is 16.5. The molecular weight excluding hydrogens is 273 g/mol. The number of ether oxygens (including phenoxy) is 1. The van der Waals surface area contributed by atoms with E-state index in [1.165, 1.54) is 0 Å². The highest BCUT2D eigenvalue weighted by molar-refractivity contribution is 5.70. The number of rotatable bonds is 8. The van der Waals surface area contributed by atoms with Gasteiger partial charge in [0.1, 0.15) is 6.61 Å². The van der Waals surface area contributed by atoms with Crippen molar-refractivity contribution in [3.05, 3.63) is 35.9 Å². The summed E-state index contributed by atoms with van der Waals surface area (Å²) in [6.45, 7) is -1.37. The Morgan fingerprint density at radius 1 is 1.25 bits per heavy atom. The first-order valence-electron chi connectivity index (χ1n) is 6.29. The van der Waals surface area contributed by atoms with E-state index < -0.39 is 24.7 Å². The van der Waals surface area contributed by atoms with Gasteiger partial charge in [0.25, 0.3) is 0 Å². The van der Waals surface area contributed by atoms with Crippen molar-refractivity contribution in [1.82, 2.24) is 0 Å². The van der Waals surface area contributed by atoms with Gasteiger partial charge >= 0.3 is 12.1 Å². The van der Waals surface area contributed by atoms with Gasteiger partial charge in [-0.15, -0.1) is 0 Å². The second-order valence-electron chi connectivity index (χ2n) is 4.53. The number of halogens is 3. The maximum Gasteiger partial charge on any atom is 0.411 e. The molecule has 0 aliphatic rings. The fourth-order valence-electron chi connectivity index (χ4n) is 1.83. The van der Waals surface area contributed by atoms with E-state index in [4.69, 9.17) is 5.11 Å². The van der Waals surface area contributed by atoms with Crippen LogP contribution in [0.25, 0.3) is 0 Å². The predicted molar refractivity (Wildman–Crippen MR) is 67.4 cm³/mol. The molecule has 0 spiro atoms. The van der Waals surface area contributed by atoms with Crippen LogP contribution < -0.4 is 0 Å². The zero-order chi connectivity index (χ0) is 15.0. The van der Waals surface area contributed by atoms with Crippen LogP contribution in [0.5, 0.6) is 0 Å². The van der Waals surface area contributed by atoms with Gasteiger partial charge < -0.3 is 9.84 Å². The van der Waals surface area contributed by atoms with E-state index in [2.05, 4.69) is 4.74 Å². The number of hydrogen-bond acceptors (Lipinski definition) is 2. The van der Waals surface area contributed by atoms with E-state index in [0.29, 0.717) is 19.3 Å². The summed E-state index contributed by atoms with van der Waals surface area (Å²) in [6.07, 6.45) is -3.38. The summed E-state index contributed by atoms with van der Waals surface area (Å²) in [6, 6.07) is 9.14. The van der Waals surface area contributed by atoms with Crippen molar-refractivity contribution in [3.63, 3.8) is 0 Å². The van der Waals surface area contributed by atoms with E-state index in [1.807, 2.05) is 30.3 Å². The van der Waals surface area contributed by atoms with Crippen LogP contribution in [0.3, 0.4) is 0 Å². The lowest BCUT2D eigenvalue weighted by atomic mass is 9.95. The predicted octanol–water partition coefficient (Wildman–Crippen LogP) is 3.29. The monoisotopic (exact) mass is 290 g/mol. The summed E-state index contributed by atoms with van der Waals surface area (Å²) < 4.78 is 40.0. The van der Waals surface area contributed by atoms with Crippen LogP contribution >= 0.6 is 0 Å². The number of carbonyl (C=O) groups is 1. The minimum atomic E-state index is -4.34. The van der Waals surface area contributed by atoms with Crippen molar-refractivity contribution >= 4 is 5.97 Å². The average Bonchev–Trinajstić information content (AvgIpc) is 2.36. The fraction of sp³-hybridized carbons (Fsp3) is 0.500. The Balaban J connectivity index is 2.32. The third kappa shape index (κ3) is 7.13. The molecule has 0 aromatic heterocycles. The van der Waals surface area contributed by atoms with Crippen molar-refractivity contribution in [2.45, 2.75) is 25.4 Å². The van der Waals surface area contributed by atoms with E-state index >= 15 is 0 Å². The zero-order valence-electron chi connectivity index (χ0n) is 10.9. The summed E-state index contributed by atoms with van der Waals surface area (Å²) in [4.78, 5) is 11.1. The third-order valence-electron chi connectivity index (χ3n) is 2.78. The first-order chi connectivity index (χ1) is 9.38. The molecule has 0 radical (unpaired) electrons. The van der Waals surface area contributed by atoms with E-state index in [1.54, 1.807) is 0 Å². The van der Waals surface area contributed by atoms with Gasteiger partial charge in [-0.1, -0.05) is 30.3 Å². The molecule has 20 heavy (non-hydrogen) atoms. The van der Waals surface area contributed by atoms with E-state index in [9.17, 15) is 18.0 Å². The first-order valence-corrected chi connectivity index (χ1v) is 6.29. The maximum absolute atomic E-state index is 11.8. The molecule has 0 saturated heterocycles. The molecule has 1 rings (SSSR count). The van der Waals surface area contributed by atoms with Crippen LogP contribution in [0, 0.1) is 5.92 Å². The lowest BCUT2D eigenvalue weighted by Crippen LogP contribution is -2.19. The highest BCUT2D eigenvalue weighted by Gasteiger charge is 2.27. The standard InChI is InChI=1S/C14H17F3O3/c15-14(16,17)10-20-8-4-7-12(13(18)19)9-11-5-2-1-3-6-11/h1-3,5-6,12H,4,7-10H2,(H,18,19). The molecule has 1 unspecified atom stereocenters. The molecule has 1 aromatic rings. The van der Waals surface area contributed by atoms with Gasteiger partial charge in [-0.3, -0.25) is 4.79 Å². The Kier molecular flexibility index (Phi) is 6.51. The Labute approximate surface area is 115 Å². The van der Waals surface area contributed by atoms with Gasteiger partial charge in [0.2, 0.25) is 0 Å². The molecule has 0 amide bonds. The van der Waals surface area contributed by atoms with Crippen LogP contribution in [0.4, 0.5) is 13.2 Å². The third-order valence-corrected chi connectivity index (χ3v) is 2.78. The van der Waals surface area contributed by atoms with Crippen LogP contribution in [-0.4, -0.2) is 30.5 Å². The lowest BCUT2D eigenvalue weighted by molar-refractivity contribution is -0.174. The Bertz CT molecular complexity index is 404. The number of hydrogen-bond donors (Lipinski definition) is 1. The lowest BCUT2D eigenvalue weighted by Gasteiger charge is -2.13. The maximum atomic E-state index is 11.8. The molecule has 3 nitrogen and oxygen atoms in total. The molecule has 6 heteroatoms. The smallest absolute Gasteiger partial charge is 0.411 e. The van der Waals surface area contributed by atoms with Crippen LogP contribution in [-0.2, 0) is 16.0 Å². The van der Waals surface area contributed by atoms with Gasteiger partial charge in [0, 0.05) is 6.61 Å². The molecule has 0 bridgehead atoms. The second kappa shape index (κ2) is 7.89. The summed E-state index contributed by atoms with van der Waals surface area (Å²) in [5, 5.41) is 9.10. The number of aliphatic carboxylic acids is 1. The van der Waals surface area contributed by atoms with Crippen molar-refractivity contribution in [1.29, 1.82) is 0 Å². The minimum Gasteiger partial charge on any atom is -0.481 e. The molecule has 1 N–H and O–H groups in total. The molecule has 0 aliphatic carbocycles. The SMILES string of the molecule is O=C(O)C(CCCOCC(F)(F)F)Cc1ccccc1. The van der Waals surface area contributed by atoms with E-state index in [0.717, 1.165) is 5.56 Å². The Morgan fingerprint density at radius 3 is 2.45 bits per heavy atom. The number of benzene rings is 1. The summed E-state index contributed by atoms with van der Waals surface area (Å²) in [5.41, 5.74) is 0.899. The van der Waals surface area contributed by atoms with Crippen LogP contribution in [0.1, 0.15) is 18.4 Å². The van der Waals surface area contributed by atoms with Gasteiger partial charge in [0.05, 0.1) is 5.92 Å². The summed E-state index contributed by atoms with van der Waals surface area (Å²) in [5.74, 6) is -1.54. The minimum absolute atomic E-state index is 0.0852. The fourth-order valence-corrected chi connectivity index (χ4v) is 1.83. The quantitative estimate of drug-likeness (QED) is 0.747. The van der Waals surface area contributed by atoms with Gasteiger partial charge in [-0.2, -0.15) is 13.2 Å². The molecule has 112 valence electrons. The molecule has 0 aliphatic heterocycles. The average molecular weight is 290 g/mol. The molecule has 0 saturated carbocycles. The second-order valence-corrected chi connectivity index (χ2v) is 4.53. The summed E-state index contributed by atoms with van der Waals surface area (Å²) in [7, 11) is 0. The van der Waals surface area contributed by atoms with Crippen LogP contribution in [0.2, 0.25) is 0 Å². The summed E-state index contributed by atoms with van der Waals surface area (Å²) >= 11 is 0. The van der Waals surface area contributed by atoms with E-state index in [-0.39, 0.29) is 6.61 Å². The topological polar surface area (TPSA) is 46.5 Å². The molecule has 1 aromatic carbocycles. The highest BCUT2D eigenvalue weighted by Crippen LogP contribution is 2.17. The molecular formula is C14H17F3O3. The van der Waals surface area contributed by atoms with Gasteiger partial charge in [0.15, 0.2) is 0 Å². The van der Waals surface area contributed by atoms with Crippen molar-refractivity contribution in [2.75, 3.05) is 13.2 Å². The Morgan fingerprint density at radius 2 is 1.90 bits per heavy atom. The number of carboxylic acid groups (broad SMARTS) is 1. The van der Waals surface area contributed by atoms with Crippen molar-refractivity contribution in [2.24, 2.45) is 5.92 Å². The normalized spacial score (nSPS) is 13.2. The number of carboxylic acids is 1. The molecule has 0 fully saturated rings. The van der Waals surface area contributed by atoms with Gasteiger partial charge in [-0.05, 0) is 24.8 Å². The Hall–Kier alpha value is -1.56. The van der Waals surface area contributed by atoms with Gasteiger partial charge in [-0.25, -0.2) is 0 Å².